The predicted molar refractivity (Wildman–Crippen MR) is 59.2 cm³/mol. The largest absolute Gasteiger partial charge is 0.437 e. The molecule has 0 bridgehead atoms. The summed E-state index contributed by atoms with van der Waals surface area (Å²) in [6, 6.07) is 8.68. The zero-order chi connectivity index (χ0) is 12.3. The van der Waals surface area contributed by atoms with E-state index in [1.807, 2.05) is 6.07 Å². The number of ether oxygens (including phenoxy) is 2. The van der Waals surface area contributed by atoms with Gasteiger partial charge in [0.2, 0.25) is 0 Å². The molecule has 0 aliphatic carbocycles. The highest BCUT2D eigenvalue weighted by Gasteiger charge is 2.40. The fraction of sp³-hybridized carbons (Fsp3) is 0.333. The maximum absolute atomic E-state index is 11.9. The zero-order valence-electron chi connectivity index (χ0n) is 9.43. The van der Waals surface area contributed by atoms with Crippen molar-refractivity contribution in [2.45, 2.75) is 12.5 Å². The number of carbonyl (C=O) groups excluding carboxylic acids is 2. The lowest BCUT2D eigenvalue weighted by atomic mass is 10.0. The van der Waals surface area contributed by atoms with Gasteiger partial charge in [-0.25, -0.2) is 4.79 Å². The quantitative estimate of drug-likeness (QED) is 0.766. The second kappa shape index (κ2) is 4.55. The second-order valence-corrected chi connectivity index (χ2v) is 4.05. The van der Waals surface area contributed by atoms with Crippen LogP contribution in [-0.2, 0) is 14.3 Å². The van der Waals surface area contributed by atoms with Gasteiger partial charge in [-0.1, -0.05) is 18.2 Å². The van der Waals surface area contributed by atoms with Gasteiger partial charge in [0.05, 0.1) is 6.61 Å². The molecule has 0 saturated carbocycles. The molecule has 1 aromatic carbocycles. The average molecular weight is 235 g/mol. The first-order valence-corrected chi connectivity index (χ1v) is 5.24. The molecule has 2 rings (SSSR count). The summed E-state index contributed by atoms with van der Waals surface area (Å²) in [7, 11) is 0. The smallest absolute Gasteiger partial charge is 0.336 e. The van der Waals surface area contributed by atoms with Gasteiger partial charge >= 0.3 is 5.97 Å². The summed E-state index contributed by atoms with van der Waals surface area (Å²) in [6.07, 6.45) is 0. The third-order valence-electron chi connectivity index (χ3n) is 2.54. The SMILES string of the molecule is CC1(NC(=O)c2ccccc2)COCOC1=O. The van der Waals surface area contributed by atoms with E-state index in [9.17, 15) is 9.59 Å². The number of benzene rings is 1. The van der Waals surface area contributed by atoms with Crippen molar-refractivity contribution in [3.05, 3.63) is 35.9 Å². The molecular weight excluding hydrogens is 222 g/mol. The van der Waals surface area contributed by atoms with Crippen LogP contribution >= 0.6 is 0 Å². The summed E-state index contributed by atoms with van der Waals surface area (Å²) < 4.78 is 9.79. The Morgan fingerprint density at radius 1 is 1.35 bits per heavy atom. The second-order valence-electron chi connectivity index (χ2n) is 4.05. The van der Waals surface area contributed by atoms with E-state index < -0.39 is 11.5 Å². The monoisotopic (exact) mass is 235 g/mol. The lowest BCUT2D eigenvalue weighted by Crippen LogP contribution is -2.58. The number of nitrogens with one attached hydrogen (secondary N) is 1. The van der Waals surface area contributed by atoms with Gasteiger partial charge in [0.1, 0.15) is 0 Å². The number of carbonyl (C=O) groups is 2. The van der Waals surface area contributed by atoms with Crippen LogP contribution < -0.4 is 5.32 Å². The van der Waals surface area contributed by atoms with Crippen molar-refractivity contribution in [1.29, 1.82) is 0 Å². The molecule has 1 amide bonds. The minimum absolute atomic E-state index is 0.0599. The molecule has 1 N–H and O–H groups in total. The van der Waals surface area contributed by atoms with Crippen LogP contribution in [0.4, 0.5) is 0 Å². The van der Waals surface area contributed by atoms with Gasteiger partial charge in [0.15, 0.2) is 12.3 Å². The first-order chi connectivity index (χ1) is 8.12. The highest BCUT2D eigenvalue weighted by molar-refractivity contribution is 5.98. The molecule has 1 aliphatic rings. The lowest BCUT2D eigenvalue weighted by molar-refractivity contribution is -0.183. The highest BCUT2D eigenvalue weighted by Crippen LogP contribution is 2.13. The third-order valence-corrected chi connectivity index (χ3v) is 2.54. The van der Waals surface area contributed by atoms with Crippen molar-refractivity contribution in [2.24, 2.45) is 0 Å². The Balaban J connectivity index is 2.10. The van der Waals surface area contributed by atoms with E-state index in [4.69, 9.17) is 9.47 Å². The summed E-state index contributed by atoms with van der Waals surface area (Å²) in [5.74, 6) is -0.802. The van der Waals surface area contributed by atoms with Gasteiger partial charge in [-0.15, -0.1) is 0 Å². The molecule has 0 aromatic heterocycles. The summed E-state index contributed by atoms with van der Waals surface area (Å²) in [4.78, 5) is 23.5. The molecule has 1 fully saturated rings. The zero-order valence-corrected chi connectivity index (χ0v) is 9.43. The molecule has 0 spiro atoms. The minimum atomic E-state index is -1.12. The Labute approximate surface area is 98.7 Å². The number of hydrogen-bond donors (Lipinski definition) is 1. The van der Waals surface area contributed by atoms with Gasteiger partial charge < -0.3 is 14.8 Å². The molecule has 1 heterocycles. The van der Waals surface area contributed by atoms with Crippen molar-refractivity contribution in [2.75, 3.05) is 13.4 Å². The molecule has 1 saturated heterocycles. The van der Waals surface area contributed by atoms with E-state index >= 15 is 0 Å². The van der Waals surface area contributed by atoms with Crippen LogP contribution in [0.3, 0.4) is 0 Å². The number of hydrogen-bond acceptors (Lipinski definition) is 4. The van der Waals surface area contributed by atoms with E-state index in [0.29, 0.717) is 5.56 Å². The van der Waals surface area contributed by atoms with E-state index in [-0.39, 0.29) is 19.3 Å². The number of amides is 1. The van der Waals surface area contributed by atoms with Crippen LogP contribution in [0.1, 0.15) is 17.3 Å². The van der Waals surface area contributed by atoms with Crippen molar-refractivity contribution in [1.82, 2.24) is 5.32 Å². The van der Waals surface area contributed by atoms with Crippen molar-refractivity contribution in [3.63, 3.8) is 0 Å². The van der Waals surface area contributed by atoms with Crippen LogP contribution in [0.25, 0.3) is 0 Å². The van der Waals surface area contributed by atoms with Crippen molar-refractivity contribution >= 4 is 11.9 Å². The Bertz CT molecular complexity index is 431. The van der Waals surface area contributed by atoms with Crippen LogP contribution in [0.5, 0.6) is 0 Å². The fourth-order valence-electron chi connectivity index (χ4n) is 1.56. The standard InChI is InChI=1S/C12H13NO4/c1-12(7-16-8-17-11(12)15)13-10(14)9-5-3-2-4-6-9/h2-6H,7-8H2,1H3,(H,13,14). The molecule has 1 unspecified atom stereocenters. The van der Waals surface area contributed by atoms with Gasteiger partial charge in [0.25, 0.3) is 5.91 Å². The fourth-order valence-corrected chi connectivity index (χ4v) is 1.56. The normalized spacial score (nSPS) is 23.9. The third kappa shape index (κ3) is 2.45. The van der Waals surface area contributed by atoms with E-state index in [1.165, 1.54) is 0 Å². The molecule has 5 heteroatoms. The molecular formula is C12H13NO4. The Kier molecular flexibility index (Phi) is 3.10. The molecule has 1 atom stereocenters. The molecule has 5 nitrogen and oxygen atoms in total. The van der Waals surface area contributed by atoms with Crippen LogP contribution in [0.15, 0.2) is 30.3 Å². The van der Waals surface area contributed by atoms with Crippen LogP contribution in [-0.4, -0.2) is 30.8 Å². The average Bonchev–Trinajstić information content (AvgIpc) is 2.34. The predicted octanol–water partition coefficient (Wildman–Crippen LogP) is 0.706. The summed E-state index contributed by atoms with van der Waals surface area (Å²) >= 11 is 0. The molecule has 90 valence electrons. The van der Waals surface area contributed by atoms with E-state index in [1.54, 1.807) is 31.2 Å². The number of rotatable bonds is 2. The molecule has 1 aliphatic heterocycles. The van der Waals surface area contributed by atoms with E-state index in [2.05, 4.69) is 5.32 Å². The summed E-state index contributed by atoms with van der Waals surface area (Å²) in [5, 5.41) is 2.62. The molecule has 17 heavy (non-hydrogen) atoms. The maximum atomic E-state index is 11.9. The maximum Gasteiger partial charge on any atom is 0.336 e. The van der Waals surface area contributed by atoms with Crippen molar-refractivity contribution in [3.8, 4) is 0 Å². The molecule has 1 aromatic rings. The summed E-state index contributed by atoms with van der Waals surface area (Å²) in [5.41, 5.74) is -0.627. The van der Waals surface area contributed by atoms with Gasteiger partial charge in [-0.3, -0.25) is 4.79 Å². The Hall–Kier alpha value is -1.88. The summed E-state index contributed by atoms with van der Waals surface area (Å²) in [6.45, 7) is 1.63. The molecule has 0 radical (unpaired) electrons. The van der Waals surface area contributed by atoms with Crippen LogP contribution in [0.2, 0.25) is 0 Å². The van der Waals surface area contributed by atoms with Crippen molar-refractivity contribution < 1.29 is 19.1 Å². The van der Waals surface area contributed by atoms with Gasteiger partial charge in [-0.05, 0) is 19.1 Å². The van der Waals surface area contributed by atoms with Gasteiger partial charge in [0, 0.05) is 5.56 Å². The first-order valence-electron chi connectivity index (χ1n) is 5.24. The topological polar surface area (TPSA) is 64.6 Å². The highest BCUT2D eigenvalue weighted by atomic mass is 16.7. The first kappa shape index (κ1) is 11.6. The van der Waals surface area contributed by atoms with E-state index in [0.717, 1.165) is 0 Å². The Morgan fingerprint density at radius 3 is 2.71 bits per heavy atom. The van der Waals surface area contributed by atoms with Gasteiger partial charge in [-0.2, -0.15) is 0 Å². The number of esters is 1. The number of cyclic esters (lactones) is 1. The minimum Gasteiger partial charge on any atom is -0.437 e. The Morgan fingerprint density at radius 2 is 2.06 bits per heavy atom. The lowest BCUT2D eigenvalue weighted by Gasteiger charge is -2.31. The van der Waals surface area contributed by atoms with Crippen LogP contribution in [0, 0.1) is 0 Å².